The molecule has 0 aromatic rings. The fourth-order valence-corrected chi connectivity index (χ4v) is 3.01. The summed E-state index contributed by atoms with van der Waals surface area (Å²) in [6.45, 7) is 4.08. The quantitative estimate of drug-likeness (QED) is 0.520. The fraction of sp³-hybridized carbons (Fsp3) is 0.917. The molecular weight excluding hydrogens is 192 g/mol. The average Bonchev–Trinajstić information content (AvgIpc) is 2.83. The largest absolute Gasteiger partial charge is 0.467 e. The number of methoxy groups -OCH3 is 1. The molecule has 0 bridgehead atoms. The molecule has 1 saturated carbocycles. The van der Waals surface area contributed by atoms with Crippen LogP contribution in [0.2, 0.25) is 0 Å². The van der Waals surface area contributed by atoms with Crippen LogP contribution in [-0.2, 0) is 14.3 Å². The summed E-state index contributed by atoms with van der Waals surface area (Å²) in [7, 11) is 1.43. The zero-order chi connectivity index (χ0) is 11.1. The molecule has 0 aromatic carbocycles. The molecule has 0 radical (unpaired) electrons. The van der Waals surface area contributed by atoms with Crippen LogP contribution in [0.1, 0.15) is 46.0 Å². The molecule has 1 spiro atoms. The Hall–Kier alpha value is -0.570. The summed E-state index contributed by atoms with van der Waals surface area (Å²) in [5, 5.41) is 0. The van der Waals surface area contributed by atoms with E-state index in [9.17, 15) is 4.79 Å². The number of esters is 1. The van der Waals surface area contributed by atoms with E-state index in [0.29, 0.717) is 5.92 Å². The highest BCUT2D eigenvalue weighted by Crippen LogP contribution is 2.58. The topological polar surface area (TPSA) is 38.8 Å². The third-order valence-corrected chi connectivity index (χ3v) is 4.19. The number of rotatable bonds is 2. The summed E-state index contributed by atoms with van der Waals surface area (Å²) in [5.74, 6) is 0.504. The van der Waals surface area contributed by atoms with Crippen molar-refractivity contribution in [2.45, 2.75) is 57.2 Å². The minimum absolute atomic E-state index is 0.195. The molecule has 0 aromatic heterocycles. The number of ether oxygens (including phenoxy) is 2. The maximum absolute atomic E-state index is 11.6. The first-order valence-corrected chi connectivity index (χ1v) is 5.86. The molecule has 2 fully saturated rings. The lowest BCUT2D eigenvalue weighted by Gasteiger charge is -2.27. The van der Waals surface area contributed by atoms with Crippen LogP contribution >= 0.6 is 0 Å². The first-order chi connectivity index (χ1) is 7.08. The molecular formula is C12H20O3. The summed E-state index contributed by atoms with van der Waals surface area (Å²) in [6, 6.07) is 0. The van der Waals surface area contributed by atoms with Crippen LogP contribution in [0, 0.1) is 5.92 Å². The molecule has 1 heterocycles. The highest BCUT2D eigenvalue weighted by Gasteiger charge is 2.72. The molecule has 3 atom stereocenters. The number of epoxide rings is 1. The first-order valence-electron chi connectivity index (χ1n) is 5.86. The SMILES string of the molecule is CCC1CCCC2(C1)OC2(C)C(=O)OC. The average molecular weight is 212 g/mol. The van der Waals surface area contributed by atoms with Gasteiger partial charge in [0.15, 0.2) is 5.60 Å². The second-order valence-electron chi connectivity index (χ2n) is 4.99. The summed E-state index contributed by atoms with van der Waals surface area (Å²) in [6.07, 6.45) is 5.66. The van der Waals surface area contributed by atoms with Crippen molar-refractivity contribution >= 4 is 5.97 Å². The summed E-state index contributed by atoms with van der Waals surface area (Å²) in [4.78, 5) is 11.6. The van der Waals surface area contributed by atoms with E-state index in [4.69, 9.17) is 9.47 Å². The summed E-state index contributed by atoms with van der Waals surface area (Å²) >= 11 is 0. The molecule has 0 amide bonds. The lowest BCUT2D eigenvalue weighted by Crippen LogP contribution is -2.36. The molecule has 2 rings (SSSR count). The van der Waals surface area contributed by atoms with E-state index in [1.807, 2.05) is 6.92 Å². The molecule has 3 heteroatoms. The van der Waals surface area contributed by atoms with E-state index in [2.05, 4.69) is 6.92 Å². The monoisotopic (exact) mass is 212 g/mol. The molecule has 15 heavy (non-hydrogen) atoms. The van der Waals surface area contributed by atoms with Crippen molar-refractivity contribution in [2.24, 2.45) is 5.92 Å². The Kier molecular flexibility index (Phi) is 2.53. The molecule has 1 saturated heterocycles. The van der Waals surface area contributed by atoms with Gasteiger partial charge in [-0.1, -0.05) is 26.2 Å². The van der Waals surface area contributed by atoms with Gasteiger partial charge in [0, 0.05) is 0 Å². The number of hydrogen-bond acceptors (Lipinski definition) is 3. The van der Waals surface area contributed by atoms with Crippen LogP contribution in [-0.4, -0.2) is 24.3 Å². The third kappa shape index (κ3) is 1.48. The Labute approximate surface area is 91.1 Å². The Bertz CT molecular complexity index is 276. The van der Waals surface area contributed by atoms with Gasteiger partial charge in [0.2, 0.25) is 0 Å². The van der Waals surface area contributed by atoms with E-state index in [-0.39, 0.29) is 11.6 Å². The normalized spacial score (nSPS) is 44.1. The van der Waals surface area contributed by atoms with Gasteiger partial charge in [-0.2, -0.15) is 0 Å². The number of carbonyl (C=O) groups excluding carboxylic acids is 1. The first kappa shape index (κ1) is 10.9. The predicted molar refractivity (Wildman–Crippen MR) is 56.5 cm³/mol. The molecule has 1 aliphatic carbocycles. The van der Waals surface area contributed by atoms with Gasteiger partial charge in [-0.25, -0.2) is 4.79 Å². The van der Waals surface area contributed by atoms with Crippen LogP contribution in [0.25, 0.3) is 0 Å². The van der Waals surface area contributed by atoms with Gasteiger partial charge in [-0.05, 0) is 25.7 Å². The lowest BCUT2D eigenvalue weighted by atomic mass is 9.74. The van der Waals surface area contributed by atoms with E-state index >= 15 is 0 Å². The highest BCUT2D eigenvalue weighted by molar-refractivity contribution is 5.84. The van der Waals surface area contributed by atoms with Crippen LogP contribution in [0.15, 0.2) is 0 Å². The fourth-order valence-electron chi connectivity index (χ4n) is 3.01. The standard InChI is InChI=1S/C12H20O3/c1-4-9-6-5-7-12(8-9)11(2,15-12)10(13)14-3/h9H,4-8H2,1-3H3. The van der Waals surface area contributed by atoms with Gasteiger partial charge in [0.25, 0.3) is 0 Å². The van der Waals surface area contributed by atoms with Crippen LogP contribution in [0.4, 0.5) is 0 Å². The maximum atomic E-state index is 11.6. The van der Waals surface area contributed by atoms with Gasteiger partial charge in [0.1, 0.15) is 5.60 Å². The molecule has 2 aliphatic rings. The lowest BCUT2D eigenvalue weighted by molar-refractivity contribution is -0.146. The molecule has 0 N–H and O–H groups in total. The van der Waals surface area contributed by atoms with Gasteiger partial charge in [-0.15, -0.1) is 0 Å². The Balaban J connectivity index is 2.08. The molecule has 1 aliphatic heterocycles. The summed E-state index contributed by atoms with van der Waals surface area (Å²) < 4.78 is 10.6. The summed E-state index contributed by atoms with van der Waals surface area (Å²) in [5.41, 5.74) is -0.853. The molecule has 3 unspecified atom stereocenters. The minimum atomic E-state index is -0.657. The highest BCUT2D eigenvalue weighted by atomic mass is 16.7. The van der Waals surface area contributed by atoms with E-state index in [1.165, 1.54) is 26.4 Å². The predicted octanol–water partition coefficient (Wildman–Crippen LogP) is 2.29. The van der Waals surface area contributed by atoms with E-state index in [1.54, 1.807) is 0 Å². The van der Waals surface area contributed by atoms with Gasteiger partial charge < -0.3 is 9.47 Å². The Morgan fingerprint density at radius 1 is 1.60 bits per heavy atom. The number of hydrogen-bond donors (Lipinski definition) is 0. The maximum Gasteiger partial charge on any atom is 0.340 e. The van der Waals surface area contributed by atoms with Gasteiger partial charge in [0.05, 0.1) is 7.11 Å². The smallest absolute Gasteiger partial charge is 0.340 e. The van der Waals surface area contributed by atoms with Crippen LogP contribution < -0.4 is 0 Å². The van der Waals surface area contributed by atoms with E-state index < -0.39 is 5.60 Å². The second kappa shape index (κ2) is 3.48. The minimum Gasteiger partial charge on any atom is -0.467 e. The van der Waals surface area contributed by atoms with Gasteiger partial charge >= 0.3 is 5.97 Å². The molecule has 86 valence electrons. The number of carbonyl (C=O) groups is 1. The van der Waals surface area contributed by atoms with Crippen molar-refractivity contribution in [1.82, 2.24) is 0 Å². The van der Waals surface area contributed by atoms with Crippen molar-refractivity contribution in [3.8, 4) is 0 Å². The zero-order valence-corrected chi connectivity index (χ0v) is 9.84. The van der Waals surface area contributed by atoms with Crippen LogP contribution in [0.5, 0.6) is 0 Å². The van der Waals surface area contributed by atoms with Crippen molar-refractivity contribution in [3.63, 3.8) is 0 Å². The molecule has 3 nitrogen and oxygen atoms in total. The zero-order valence-electron chi connectivity index (χ0n) is 9.84. The second-order valence-corrected chi connectivity index (χ2v) is 4.99. The van der Waals surface area contributed by atoms with Crippen molar-refractivity contribution in [1.29, 1.82) is 0 Å². The van der Waals surface area contributed by atoms with Gasteiger partial charge in [-0.3, -0.25) is 0 Å². The van der Waals surface area contributed by atoms with Crippen LogP contribution in [0.3, 0.4) is 0 Å². The van der Waals surface area contributed by atoms with E-state index in [0.717, 1.165) is 12.8 Å². The van der Waals surface area contributed by atoms with Crippen molar-refractivity contribution in [2.75, 3.05) is 7.11 Å². The third-order valence-electron chi connectivity index (χ3n) is 4.19. The van der Waals surface area contributed by atoms with Crippen molar-refractivity contribution in [3.05, 3.63) is 0 Å². The Morgan fingerprint density at radius 2 is 2.33 bits per heavy atom. The van der Waals surface area contributed by atoms with Crippen molar-refractivity contribution < 1.29 is 14.3 Å². The Morgan fingerprint density at radius 3 is 2.93 bits per heavy atom.